The van der Waals surface area contributed by atoms with Gasteiger partial charge in [0.25, 0.3) is 0 Å². The monoisotopic (exact) mass is 267 g/mol. The van der Waals surface area contributed by atoms with Crippen molar-refractivity contribution in [2.24, 2.45) is 0 Å². The smallest absolute Gasteiger partial charge is 0.241 e. The second-order valence-electron chi connectivity index (χ2n) is 4.44. The lowest BCUT2D eigenvalue weighted by Crippen LogP contribution is -1.99. The first-order chi connectivity index (χ1) is 9.75. The Morgan fingerprint density at radius 1 is 1.25 bits per heavy atom. The number of aromatic amines is 1. The number of benzene rings is 1. The molecular weight excluding hydrogens is 254 g/mol. The molecule has 0 saturated carbocycles. The molecule has 0 atom stereocenters. The lowest BCUT2D eigenvalue weighted by atomic mass is 10.2. The number of Topliss-reactive ketones (excluding diaryl/α,β-unsaturated/α-hetero) is 1. The van der Waals surface area contributed by atoms with Gasteiger partial charge in [0.05, 0.1) is 5.56 Å². The Hall–Kier alpha value is -2.69. The molecule has 0 aliphatic rings. The molecule has 20 heavy (non-hydrogen) atoms. The highest BCUT2D eigenvalue weighted by molar-refractivity contribution is 6.05. The van der Waals surface area contributed by atoms with Crippen molar-refractivity contribution >= 4 is 16.8 Å². The van der Waals surface area contributed by atoms with Crippen LogP contribution in [0.5, 0.6) is 5.88 Å². The first-order valence-corrected chi connectivity index (χ1v) is 6.25. The van der Waals surface area contributed by atoms with E-state index in [1.165, 1.54) is 13.3 Å². The summed E-state index contributed by atoms with van der Waals surface area (Å²) in [6.07, 6.45) is 3.04. The largest absolute Gasteiger partial charge is 0.471 e. The zero-order chi connectivity index (χ0) is 13.9. The molecule has 2 aromatic heterocycles. The topological polar surface area (TPSA) is 67.9 Å². The molecular formula is C15H13N3O2. The molecule has 0 radical (unpaired) electrons. The van der Waals surface area contributed by atoms with Crippen LogP contribution in [0.3, 0.4) is 0 Å². The normalized spacial score (nSPS) is 10.7. The Bertz CT molecular complexity index is 750. The van der Waals surface area contributed by atoms with E-state index in [-0.39, 0.29) is 5.78 Å². The van der Waals surface area contributed by atoms with Crippen LogP contribution < -0.4 is 4.74 Å². The van der Waals surface area contributed by atoms with Gasteiger partial charge < -0.3 is 9.72 Å². The summed E-state index contributed by atoms with van der Waals surface area (Å²) in [7, 11) is 0. The Labute approximate surface area is 115 Å². The number of carbonyl (C=O) groups excluding carboxylic acids is 1. The molecule has 3 rings (SSSR count). The van der Waals surface area contributed by atoms with Gasteiger partial charge in [-0.25, -0.2) is 4.98 Å². The number of carbonyl (C=O) groups is 1. The van der Waals surface area contributed by atoms with Crippen LogP contribution in [0.15, 0.2) is 42.9 Å². The minimum absolute atomic E-state index is 0.0380. The summed E-state index contributed by atoms with van der Waals surface area (Å²) in [5.74, 6) is 0.412. The molecule has 0 unspecified atom stereocenters. The molecule has 5 heteroatoms. The van der Waals surface area contributed by atoms with Gasteiger partial charge in [-0.2, -0.15) is 4.98 Å². The Balaban J connectivity index is 1.90. The fourth-order valence-electron chi connectivity index (χ4n) is 2.02. The molecule has 2 heterocycles. The van der Waals surface area contributed by atoms with Crippen LogP contribution in [0.2, 0.25) is 0 Å². The standard InChI is InChI=1S/C15H13N3O2/c1-10(19)12-7-16-14-13(12)17-9-18-15(14)20-8-11-5-3-2-4-6-11/h2-7,9,16H,8H2,1H3. The van der Waals surface area contributed by atoms with Crippen LogP contribution in [0.25, 0.3) is 11.0 Å². The van der Waals surface area contributed by atoms with Gasteiger partial charge in [0, 0.05) is 6.20 Å². The average Bonchev–Trinajstić information content (AvgIpc) is 2.91. The minimum atomic E-state index is -0.0380. The lowest BCUT2D eigenvalue weighted by Gasteiger charge is -2.05. The van der Waals surface area contributed by atoms with Crippen LogP contribution in [-0.4, -0.2) is 20.7 Å². The molecule has 0 aliphatic carbocycles. The van der Waals surface area contributed by atoms with E-state index in [1.807, 2.05) is 30.3 Å². The van der Waals surface area contributed by atoms with Gasteiger partial charge in [0.2, 0.25) is 5.88 Å². The number of H-pyrrole nitrogens is 1. The first-order valence-electron chi connectivity index (χ1n) is 6.25. The van der Waals surface area contributed by atoms with E-state index in [2.05, 4.69) is 15.0 Å². The van der Waals surface area contributed by atoms with E-state index in [9.17, 15) is 4.79 Å². The van der Waals surface area contributed by atoms with Crippen molar-refractivity contribution < 1.29 is 9.53 Å². The van der Waals surface area contributed by atoms with Crippen molar-refractivity contribution in [1.29, 1.82) is 0 Å². The summed E-state index contributed by atoms with van der Waals surface area (Å²) in [6.45, 7) is 1.93. The lowest BCUT2D eigenvalue weighted by molar-refractivity contribution is 0.101. The van der Waals surface area contributed by atoms with Gasteiger partial charge in [0.15, 0.2) is 5.78 Å². The second kappa shape index (κ2) is 5.13. The van der Waals surface area contributed by atoms with Crippen molar-refractivity contribution in [1.82, 2.24) is 15.0 Å². The van der Waals surface area contributed by atoms with Gasteiger partial charge in [-0.15, -0.1) is 0 Å². The maximum Gasteiger partial charge on any atom is 0.241 e. The highest BCUT2D eigenvalue weighted by Gasteiger charge is 2.13. The van der Waals surface area contributed by atoms with E-state index >= 15 is 0 Å². The van der Waals surface area contributed by atoms with Crippen LogP contribution in [0.1, 0.15) is 22.8 Å². The Morgan fingerprint density at radius 2 is 2.05 bits per heavy atom. The molecule has 5 nitrogen and oxygen atoms in total. The maximum atomic E-state index is 11.5. The first kappa shape index (κ1) is 12.3. The number of hydrogen-bond donors (Lipinski definition) is 1. The summed E-state index contributed by atoms with van der Waals surface area (Å²) >= 11 is 0. The van der Waals surface area contributed by atoms with Crippen LogP contribution >= 0.6 is 0 Å². The third-order valence-electron chi connectivity index (χ3n) is 3.03. The molecule has 0 aliphatic heterocycles. The summed E-state index contributed by atoms with van der Waals surface area (Å²) in [6, 6.07) is 9.83. The summed E-state index contributed by atoms with van der Waals surface area (Å²) in [5, 5.41) is 0. The molecule has 1 N–H and O–H groups in total. The Morgan fingerprint density at radius 3 is 2.80 bits per heavy atom. The predicted molar refractivity (Wildman–Crippen MR) is 74.7 cm³/mol. The molecule has 3 aromatic rings. The number of nitrogens with one attached hydrogen (secondary N) is 1. The van der Waals surface area contributed by atoms with Gasteiger partial charge in [-0.1, -0.05) is 30.3 Å². The summed E-state index contributed by atoms with van der Waals surface area (Å²) < 4.78 is 5.70. The van der Waals surface area contributed by atoms with E-state index < -0.39 is 0 Å². The Kier molecular flexibility index (Phi) is 3.16. The highest BCUT2D eigenvalue weighted by atomic mass is 16.5. The summed E-state index contributed by atoms with van der Waals surface area (Å²) in [4.78, 5) is 22.7. The van der Waals surface area contributed by atoms with Gasteiger partial charge in [0.1, 0.15) is 24.0 Å². The van der Waals surface area contributed by atoms with Gasteiger partial charge in [-0.3, -0.25) is 4.79 Å². The van der Waals surface area contributed by atoms with E-state index in [0.29, 0.717) is 29.1 Å². The number of hydrogen-bond acceptors (Lipinski definition) is 4. The van der Waals surface area contributed by atoms with Crippen molar-refractivity contribution in [3.05, 3.63) is 54.0 Å². The van der Waals surface area contributed by atoms with Gasteiger partial charge >= 0.3 is 0 Å². The number of ketones is 1. The number of ether oxygens (including phenoxy) is 1. The van der Waals surface area contributed by atoms with Crippen molar-refractivity contribution in [3.63, 3.8) is 0 Å². The molecule has 0 amide bonds. The average molecular weight is 267 g/mol. The summed E-state index contributed by atoms with van der Waals surface area (Å²) in [5.41, 5.74) is 2.84. The molecule has 1 aromatic carbocycles. The minimum Gasteiger partial charge on any atom is -0.471 e. The number of rotatable bonds is 4. The van der Waals surface area contributed by atoms with Crippen LogP contribution in [-0.2, 0) is 6.61 Å². The van der Waals surface area contributed by atoms with E-state index in [0.717, 1.165) is 5.56 Å². The fourth-order valence-corrected chi connectivity index (χ4v) is 2.02. The second-order valence-corrected chi connectivity index (χ2v) is 4.44. The molecule has 0 fully saturated rings. The molecule has 0 saturated heterocycles. The zero-order valence-corrected chi connectivity index (χ0v) is 11.0. The fraction of sp³-hybridized carbons (Fsp3) is 0.133. The van der Waals surface area contributed by atoms with E-state index in [1.54, 1.807) is 6.20 Å². The number of aromatic nitrogens is 3. The van der Waals surface area contributed by atoms with Crippen LogP contribution in [0.4, 0.5) is 0 Å². The molecule has 100 valence electrons. The van der Waals surface area contributed by atoms with Crippen molar-refractivity contribution in [3.8, 4) is 5.88 Å². The van der Waals surface area contributed by atoms with Crippen molar-refractivity contribution in [2.75, 3.05) is 0 Å². The van der Waals surface area contributed by atoms with Gasteiger partial charge in [-0.05, 0) is 12.5 Å². The molecule has 0 bridgehead atoms. The van der Waals surface area contributed by atoms with E-state index in [4.69, 9.17) is 4.74 Å². The number of fused-ring (bicyclic) bond motifs is 1. The van der Waals surface area contributed by atoms with Crippen molar-refractivity contribution in [2.45, 2.75) is 13.5 Å². The molecule has 0 spiro atoms. The SMILES string of the molecule is CC(=O)c1c[nH]c2c(OCc3ccccc3)ncnc12. The highest BCUT2D eigenvalue weighted by Crippen LogP contribution is 2.23. The maximum absolute atomic E-state index is 11.5. The quantitative estimate of drug-likeness (QED) is 0.738. The predicted octanol–water partition coefficient (Wildman–Crippen LogP) is 2.74. The van der Waals surface area contributed by atoms with Crippen LogP contribution in [0, 0.1) is 0 Å². The third-order valence-corrected chi connectivity index (χ3v) is 3.03. The zero-order valence-electron chi connectivity index (χ0n) is 11.0. The third kappa shape index (κ3) is 2.25. The number of nitrogens with zero attached hydrogens (tertiary/aromatic N) is 2.